The van der Waals surface area contributed by atoms with E-state index in [4.69, 9.17) is 21.6 Å². The summed E-state index contributed by atoms with van der Waals surface area (Å²) in [5.74, 6) is 0. The van der Waals surface area contributed by atoms with Gasteiger partial charge in [0.25, 0.3) is 0 Å². The van der Waals surface area contributed by atoms with E-state index in [1.807, 2.05) is 30.3 Å². The normalized spacial score (nSPS) is 20.4. The van der Waals surface area contributed by atoms with Crippen LogP contribution in [0.5, 0.6) is 0 Å². The highest BCUT2D eigenvalue weighted by Crippen LogP contribution is 2.40. The third-order valence-electron chi connectivity index (χ3n) is 4.48. The van der Waals surface area contributed by atoms with E-state index in [1.54, 1.807) is 11.8 Å². The topological polar surface area (TPSA) is 24.7 Å². The molecule has 0 spiro atoms. The molecule has 0 saturated heterocycles. The fourth-order valence-corrected chi connectivity index (χ4v) is 4.48. The Labute approximate surface area is 157 Å². The number of halogens is 1. The summed E-state index contributed by atoms with van der Waals surface area (Å²) in [6.45, 7) is 0.730. The zero-order valence-electron chi connectivity index (χ0n) is 13.9. The molecule has 2 nitrogen and oxygen atoms in total. The van der Waals surface area contributed by atoms with E-state index < -0.39 is 0 Å². The maximum atomic E-state index is 5.98. The lowest BCUT2D eigenvalue weighted by Crippen LogP contribution is -2.02. The molecule has 2 aromatic rings. The zero-order chi connectivity index (χ0) is 17.1. The molecular weight excluding hydrogens is 348 g/mol. The van der Waals surface area contributed by atoms with Gasteiger partial charge in [0.15, 0.2) is 0 Å². The van der Waals surface area contributed by atoms with Crippen LogP contribution in [0, 0.1) is 0 Å². The van der Waals surface area contributed by atoms with Crippen molar-refractivity contribution >= 4 is 39.1 Å². The van der Waals surface area contributed by atoms with Crippen LogP contribution in [0.15, 0.2) is 75.7 Å². The fourth-order valence-electron chi connectivity index (χ4n) is 3.19. The fraction of sp³-hybridized carbons (Fsp3) is 0.238. The molecule has 0 atom stereocenters. The second-order valence-electron chi connectivity index (χ2n) is 6.27. The highest BCUT2D eigenvalue weighted by Gasteiger charge is 2.29. The predicted molar refractivity (Wildman–Crippen MR) is 109 cm³/mol. The first kappa shape index (κ1) is 16.6. The number of aliphatic imine (C=N–C) groups is 2. The lowest BCUT2D eigenvalue weighted by atomic mass is 9.93. The van der Waals surface area contributed by atoms with E-state index in [-0.39, 0.29) is 0 Å². The third-order valence-corrected chi connectivity index (χ3v) is 5.83. The van der Waals surface area contributed by atoms with Crippen molar-refractivity contribution in [1.29, 1.82) is 0 Å². The summed E-state index contributed by atoms with van der Waals surface area (Å²) in [4.78, 5) is 9.77. The minimum atomic E-state index is 0.730. The predicted octanol–water partition coefficient (Wildman–Crippen LogP) is 6.59. The molecule has 0 radical (unpaired) electrons. The van der Waals surface area contributed by atoms with E-state index in [0.29, 0.717) is 0 Å². The van der Waals surface area contributed by atoms with Crippen molar-refractivity contribution in [3.8, 4) is 0 Å². The van der Waals surface area contributed by atoms with Crippen LogP contribution in [-0.4, -0.2) is 10.1 Å². The average Bonchev–Trinajstić information content (AvgIpc) is 3.01. The van der Waals surface area contributed by atoms with Gasteiger partial charge in [-0.05, 0) is 78.4 Å². The molecule has 25 heavy (non-hydrogen) atoms. The van der Waals surface area contributed by atoms with Crippen LogP contribution >= 0.6 is 23.4 Å². The van der Waals surface area contributed by atoms with Crippen LogP contribution in [-0.2, 0) is 6.54 Å². The Balaban J connectivity index is 1.62. The molecule has 1 aliphatic heterocycles. The second kappa shape index (κ2) is 7.59. The van der Waals surface area contributed by atoms with Crippen LogP contribution < -0.4 is 0 Å². The van der Waals surface area contributed by atoms with Crippen molar-refractivity contribution in [2.45, 2.75) is 32.2 Å². The SMILES string of the molecule is Clc1ccc(N=C2SC(=NCc3ccccc3)C3=C2CCCC3)cc1. The molecule has 0 N–H and O–H groups in total. The van der Waals surface area contributed by atoms with Crippen molar-refractivity contribution in [3.05, 3.63) is 76.3 Å². The maximum absolute atomic E-state index is 5.98. The Morgan fingerprint density at radius 2 is 1.52 bits per heavy atom. The monoisotopic (exact) mass is 366 g/mol. The van der Waals surface area contributed by atoms with Gasteiger partial charge in [0.1, 0.15) is 10.1 Å². The molecule has 126 valence electrons. The van der Waals surface area contributed by atoms with Gasteiger partial charge in [0, 0.05) is 5.02 Å². The Kier molecular flexibility index (Phi) is 5.04. The average molecular weight is 367 g/mol. The van der Waals surface area contributed by atoms with Gasteiger partial charge in [-0.1, -0.05) is 41.9 Å². The number of rotatable bonds is 3. The molecule has 2 aliphatic rings. The third kappa shape index (κ3) is 3.88. The molecule has 0 saturated carbocycles. The molecular formula is C21H19ClN2S. The minimum absolute atomic E-state index is 0.730. The number of benzene rings is 2. The molecule has 4 rings (SSSR count). The van der Waals surface area contributed by atoms with Gasteiger partial charge in [0.05, 0.1) is 12.2 Å². The molecule has 2 aromatic carbocycles. The molecule has 1 aliphatic carbocycles. The summed E-state index contributed by atoms with van der Waals surface area (Å²) in [5.41, 5.74) is 5.02. The lowest BCUT2D eigenvalue weighted by Gasteiger charge is -2.13. The van der Waals surface area contributed by atoms with Crippen LogP contribution in [0.25, 0.3) is 0 Å². The van der Waals surface area contributed by atoms with Crippen LogP contribution in [0.2, 0.25) is 5.02 Å². The molecule has 0 aromatic heterocycles. The molecule has 4 heteroatoms. The molecule has 1 heterocycles. The van der Waals surface area contributed by atoms with Crippen molar-refractivity contribution < 1.29 is 0 Å². The van der Waals surface area contributed by atoms with E-state index in [2.05, 4.69) is 24.3 Å². The standard InChI is InChI=1S/C21H19ClN2S/c22-16-10-12-17(13-11-16)24-21-19-9-5-4-8-18(19)20(25-21)23-14-15-6-2-1-3-7-15/h1-3,6-7,10-13H,4-5,8-9,14H2. The molecule has 0 fully saturated rings. The minimum Gasteiger partial charge on any atom is -0.273 e. The van der Waals surface area contributed by atoms with Crippen molar-refractivity contribution in [2.24, 2.45) is 9.98 Å². The van der Waals surface area contributed by atoms with Gasteiger partial charge in [0.2, 0.25) is 0 Å². The Hall–Kier alpha value is -1.84. The smallest absolute Gasteiger partial charge is 0.106 e. The molecule has 0 unspecified atom stereocenters. The number of thioether (sulfide) groups is 1. The number of hydrogen-bond donors (Lipinski definition) is 0. The lowest BCUT2D eigenvalue weighted by molar-refractivity contribution is 0.707. The Bertz CT molecular complexity index is 851. The van der Waals surface area contributed by atoms with Gasteiger partial charge in [-0.25, -0.2) is 4.99 Å². The van der Waals surface area contributed by atoms with E-state index in [1.165, 1.54) is 29.6 Å². The van der Waals surface area contributed by atoms with Crippen LogP contribution in [0.1, 0.15) is 31.2 Å². The summed E-state index contributed by atoms with van der Waals surface area (Å²) in [7, 11) is 0. The number of nitrogens with zero attached hydrogens (tertiary/aromatic N) is 2. The number of hydrogen-bond acceptors (Lipinski definition) is 3. The van der Waals surface area contributed by atoms with Crippen molar-refractivity contribution in [1.82, 2.24) is 0 Å². The Morgan fingerprint density at radius 1 is 0.840 bits per heavy atom. The largest absolute Gasteiger partial charge is 0.273 e. The molecule has 0 amide bonds. The quantitative estimate of drug-likeness (QED) is 0.601. The summed E-state index contributed by atoms with van der Waals surface area (Å²) < 4.78 is 0. The summed E-state index contributed by atoms with van der Waals surface area (Å²) >= 11 is 7.71. The van der Waals surface area contributed by atoms with E-state index in [9.17, 15) is 0 Å². The highest BCUT2D eigenvalue weighted by atomic mass is 35.5. The summed E-state index contributed by atoms with van der Waals surface area (Å²) in [6.07, 6.45) is 4.72. The zero-order valence-corrected chi connectivity index (χ0v) is 15.5. The van der Waals surface area contributed by atoms with E-state index >= 15 is 0 Å². The first-order valence-corrected chi connectivity index (χ1v) is 9.82. The van der Waals surface area contributed by atoms with Crippen molar-refractivity contribution in [3.63, 3.8) is 0 Å². The van der Waals surface area contributed by atoms with Gasteiger partial charge in [-0.15, -0.1) is 0 Å². The van der Waals surface area contributed by atoms with Gasteiger partial charge < -0.3 is 0 Å². The second-order valence-corrected chi connectivity index (χ2v) is 7.68. The van der Waals surface area contributed by atoms with Gasteiger partial charge >= 0.3 is 0 Å². The molecule has 0 bridgehead atoms. The highest BCUT2D eigenvalue weighted by molar-refractivity contribution is 8.28. The maximum Gasteiger partial charge on any atom is 0.106 e. The van der Waals surface area contributed by atoms with Crippen LogP contribution in [0.4, 0.5) is 5.69 Å². The van der Waals surface area contributed by atoms with Gasteiger partial charge in [-0.3, -0.25) is 4.99 Å². The van der Waals surface area contributed by atoms with Gasteiger partial charge in [-0.2, -0.15) is 0 Å². The first-order valence-electron chi connectivity index (χ1n) is 8.63. The van der Waals surface area contributed by atoms with E-state index in [0.717, 1.165) is 40.2 Å². The summed E-state index contributed by atoms with van der Waals surface area (Å²) in [5, 5.41) is 3.01. The summed E-state index contributed by atoms with van der Waals surface area (Å²) in [6, 6.07) is 18.1. The van der Waals surface area contributed by atoms with Crippen molar-refractivity contribution in [2.75, 3.05) is 0 Å². The van der Waals surface area contributed by atoms with Crippen LogP contribution in [0.3, 0.4) is 0 Å². The first-order chi connectivity index (χ1) is 12.3. The Morgan fingerprint density at radius 3 is 2.24 bits per heavy atom.